The lowest BCUT2D eigenvalue weighted by Crippen LogP contribution is -2.43. The first-order chi connectivity index (χ1) is 8.20. The molecule has 2 aliphatic rings. The molecular formula is C16H31N. The Bertz CT molecular complexity index is 222. The Morgan fingerprint density at radius 3 is 2.35 bits per heavy atom. The first kappa shape index (κ1) is 13.4. The second-order valence-corrected chi connectivity index (χ2v) is 6.74. The van der Waals surface area contributed by atoms with Crippen LogP contribution in [0.4, 0.5) is 0 Å². The molecule has 1 saturated heterocycles. The zero-order valence-electron chi connectivity index (χ0n) is 12.1. The highest BCUT2D eigenvalue weighted by molar-refractivity contribution is 4.86. The van der Waals surface area contributed by atoms with E-state index < -0.39 is 0 Å². The summed E-state index contributed by atoms with van der Waals surface area (Å²) in [5, 5.41) is 0. The van der Waals surface area contributed by atoms with Crippen molar-refractivity contribution in [2.45, 2.75) is 71.3 Å². The van der Waals surface area contributed by atoms with Gasteiger partial charge in [0.2, 0.25) is 0 Å². The van der Waals surface area contributed by atoms with Crippen LogP contribution in [0.25, 0.3) is 0 Å². The van der Waals surface area contributed by atoms with E-state index in [1.165, 1.54) is 57.9 Å². The Morgan fingerprint density at radius 1 is 1.06 bits per heavy atom. The Hall–Kier alpha value is -0.0400. The van der Waals surface area contributed by atoms with Crippen molar-refractivity contribution in [2.75, 3.05) is 13.6 Å². The zero-order chi connectivity index (χ0) is 12.3. The fraction of sp³-hybridized carbons (Fsp3) is 1.00. The third-order valence-electron chi connectivity index (χ3n) is 5.32. The van der Waals surface area contributed by atoms with Crippen LogP contribution >= 0.6 is 0 Å². The molecule has 3 unspecified atom stereocenters. The van der Waals surface area contributed by atoms with Crippen molar-refractivity contribution in [1.29, 1.82) is 0 Å². The van der Waals surface area contributed by atoms with Gasteiger partial charge in [-0.1, -0.05) is 39.5 Å². The summed E-state index contributed by atoms with van der Waals surface area (Å²) in [4.78, 5) is 2.71. The lowest BCUT2D eigenvalue weighted by molar-refractivity contribution is 0.0890. The smallest absolute Gasteiger partial charge is 0.0123 e. The van der Waals surface area contributed by atoms with Gasteiger partial charge in [0.05, 0.1) is 0 Å². The fourth-order valence-corrected chi connectivity index (χ4v) is 3.86. The van der Waals surface area contributed by atoms with Gasteiger partial charge < -0.3 is 4.90 Å². The van der Waals surface area contributed by atoms with Gasteiger partial charge >= 0.3 is 0 Å². The molecule has 1 heterocycles. The summed E-state index contributed by atoms with van der Waals surface area (Å²) in [7, 11) is 2.39. The second-order valence-electron chi connectivity index (χ2n) is 6.74. The van der Waals surface area contributed by atoms with Crippen molar-refractivity contribution in [3.63, 3.8) is 0 Å². The number of hydrogen-bond acceptors (Lipinski definition) is 1. The lowest BCUT2D eigenvalue weighted by atomic mass is 9.75. The molecule has 0 amide bonds. The van der Waals surface area contributed by atoms with E-state index in [-0.39, 0.29) is 0 Å². The Kier molecular flexibility index (Phi) is 4.90. The van der Waals surface area contributed by atoms with Crippen molar-refractivity contribution in [2.24, 2.45) is 17.8 Å². The maximum atomic E-state index is 2.71. The van der Waals surface area contributed by atoms with Crippen LogP contribution in [-0.2, 0) is 0 Å². The molecule has 100 valence electrons. The molecule has 2 fully saturated rings. The first-order valence-electron chi connectivity index (χ1n) is 7.91. The van der Waals surface area contributed by atoms with Crippen molar-refractivity contribution in [3.05, 3.63) is 0 Å². The van der Waals surface area contributed by atoms with Crippen molar-refractivity contribution >= 4 is 0 Å². The predicted octanol–water partition coefficient (Wildman–Crippen LogP) is 4.32. The molecule has 0 aromatic heterocycles. The summed E-state index contributed by atoms with van der Waals surface area (Å²) in [6.07, 6.45) is 11.7. The van der Waals surface area contributed by atoms with Crippen LogP contribution in [0.5, 0.6) is 0 Å². The number of hydrogen-bond donors (Lipinski definition) is 0. The largest absolute Gasteiger partial charge is 0.303 e. The van der Waals surface area contributed by atoms with Gasteiger partial charge in [0, 0.05) is 12.6 Å². The minimum atomic E-state index is 0.897. The third kappa shape index (κ3) is 3.47. The third-order valence-corrected chi connectivity index (χ3v) is 5.32. The molecule has 17 heavy (non-hydrogen) atoms. The summed E-state index contributed by atoms with van der Waals surface area (Å²) < 4.78 is 0. The maximum absolute atomic E-state index is 2.71. The van der Waals surface area contributed by atoms with Crippen LogP contribution in [0.1, 0.15) is 65.2 Å². The van der Waals surface area contributed by atoms with E-state index in [0.29, 0.717) is 0 Å². The van der Waals surface area contributed by atoms with Gasteiger partial charge in [0.1, 0.15) is 0 Å². The van der Waals surface area contributed by atoms with Crippen LogP contribution in [0.15, 0.2) is 0 Å². The highest BCUT2D eigenvalue weighted by Crippen LogP contribution is 2.37. The van der Waals surface area contributed by atoms with Crippen LogP contribution in [0.2, 0.25) is 0 Å². The fourth-order valence-electron chi connectivity index (χ4n) is 3.86. The molecule has 2 rings (SSSR count). The van der Waals surface area contributed by atoms with Crippen LogP contribution in [0, 0.1) is 17.8 Å². The standard InChI is InChI=1S/C16H31N/c1-4-14-8-5-7-13(2)12-17(3)16(11-14)15-9-6-10-15/h13-16H,4-12H2,1-3H3. The van der Waals surface area contributed by atoms with Crippen LogP contribution in [-0.4, -0.2) is 24.5 Å². The average Bonchev–Trinajstić information content (AvgIpc) is 2.28. The normalized spacial score (nSPS) is 37.9. The Balaban J connectivity index is 2.01. The number of nitrogens with zero attached hydrogens (tertiary/aromatic N) is 1. The van der Waals surface area contributed by atoms with Gasteiger partial charge in [-0.3, -0.25) is 0 Å². The molecule has 0 aromatic carbocycles. The SMILES string of the molecule is CCC1CCCC(C)CN(C)C(C2CCC2)C1. The molecule has 1 saturated carbocycles. The number of rotatable bonds is 2. The van der Waals surface area contributed by atoms with E-state index in [1.54, 1.807) is 0 Å². The molecule has 0 radical (unpaired) electrons. The Morgan fingerprint density at radius 2 is 1.76 bits per heavy atom. The van der Waals surface area contributed by atoms with E-state index in [9.17, 15) is 0 Å². The van der Waals surface area contributed by atoms with Crippen LogP contribution in [0.3, 0.4) is 0 Å². The molecule has 1 heteroatoms. The summed E-state index contributed by atoms with van der Waals surface area (Å²) in [5.41, 5.74) is 0. The molecule has 0 spiro atoms. The van der Waals surface area contributed by atoms with Gasteiger partial charge in [-0.15, -0.1) is 0 Å². The van der Waals surface area contributed by atoms with E-state index in [1.807, 2.05) is 0 Å². The van der Waals surface area contributed by atoms with E-state index >= 15 is 0 Å². The van der Waals surface area contributed by atoms with Crippen molar-refractivity contribution < 1.29 is 0 Å². The molecule has 0 aromatic rings. The maximum Gasteiger partial charge on any atom is 0.0123 e. The molecule has 3 atom stereocenters. The quantitative estimate of drug-likeness (QED) is 0.691. The summed E-state index contributed by atoms with van der Waals surface area (Å²) in [6, 6.07) is 0.897. The highest BCUT2D eigenvalue weighted by atomic mass is 15.1. The monoisotopic (exact) mass is 237 g/mol. The molecule has 0 N–H and O–H groups in total. The summed E-state index contributed by atoms with van der Waals surface area (Å²) in [6.45, 7) is 6.17. The minimum absolute atomic E-state index is 0.897. The molecule has 1 nitrogen and oxygen atoms in total. The molecular weight excluding hydrogens is 206 g/mol. The van der Waals surface area contributed by atoms with E-state index in [0.717, 1.165) is 23.8 Å². The zero-order valence-corrected chi connectivity index (χ0v) is 12.1. The summed E-state index contributed by atoms with van der Waals surface area (Å²) in [5.74, 6) is 2.92. The highest BCUT2D eigenvalue weighted by Gasteiger charge is 2.32. The van der Waals surface area contributed by atoms with Crippen molar-refractivity contribution in [3.8, 4) is 0 Å². The molecule has 1 aliphatic heterocycles. The Labute approximate surface area is 108 Å². The lowest BCUT2D eigenvalue weighted by Gasteiger charge is -2.41. The van der Waals surface area contributed by atoms with Gasteiger partial charge in [0.25, 0.3) is 0 Å². The summed E-state index contributed by atoms with van der Waals surface area (Å²) >= 11 is 0. The average molecular weight is 237 g/mol. The second kappa shape index (κ2) is 6.22. The molecule has 1 aliphatic carbocycles. The van der Waals surface area contributed by atoms with Gasteiger partial charge in [-0.2, -0.15) is 0 Å². The van der Waals surface area contributed by atoms with Crippen LogP contribution < -0.4 is 0 Å². The van der Waals surface area contributed by atoms with E-state index in [4.69, 9.17) is 0 Å². The van der Waals surface area contributed by atoms with Crippen molar-refractivity contribution in [1.82, 2.24) is 4.90 Å². The minimum Gasteiger partial charge on any atom is -0.303 e. The first-order valence-corrected chi connectivity index (χ1v) is 7.91. The van der Waals surface area contributed by atoms with Gasteiger partial charge in [-0.25, -0.2) is 0 Å². The van der Waals surface area contributed by atoms with E-state index in [2.05, 4.69) is 25.8 Å². The predicted molar refractivity (Wildman–Crippen MR) is 75.2 cm³/mol. The topological polar surface area (TPSA) is 3.24 Å². The van der Waals surface area contributed by atoms with Gasteiger partial charge in [-0.05, 0) is 50.5 Å². The molecule has 0 bridgehead atoms. The van der Waals surface area contributed by atoms with Gasteiger partial charge in [0.15, 0.2) is 0 Å².